The van der Waals surface area contributed by atoms with Crippen LogP contribution in [0.25, 0.3) is 10.8 Å². The van der Waals surface area contributed by atoms with Gasteiger partial charge in [-0.1, -0.05) is 6.07 Å². The van der Waals surface area contributed by atoms with Crippen LogP contribution in [0.1, 0.15) is 23.2 Å². The molecule has 1 aliphatic heterocycles. The molecule has 8 nitrogen and oxygen atoms in total. The van der Waals surface area contributed by atoms with Gasteiger partial charge in [-0.05, 0) is 47.9 Å². The topological polar surface area (TPSA) is 111 Å². The Morgan fingerprint density at radius 3 is 2.22 bits per heavy atom. The van der Waals surface area contributed by atoms with Crippen molar-refractivity contribution in [2.24, 2.45) is 5.14 Å². The number of likely N-dealkylation sites (tertiary alicyclic amines) is 1. The van der Waals surface area contributed by atoms with Crippen molar-refractivity contribution in [1.82, 2.24) is 9.62 Å². The molecule has 2 aromatic rings. The van der Waals surface area contributed by atoms with Gasteiger partial charge in [0.2, 0.25) is 0 Å². The van der Waals surface area contributed by atoms with Gasteiger partial charge in [0, 0.05) is 24.7 Å². The van der Waals surface area contributed by atoms with Crippen molar-refractivity contribution in [3.8, 4) is 11.5 Å². The smallest absolute Gasteiger partial charge is 0.274 e. The summed E-state index contributed by atoms with van der Waals surface area (Å²) in [5, 5.41) is 6.83. The summed E-state index contributed by atoms with van der Waals surface area (Å²) >= 11 is 0. The average Bonchev–Trinajstić information content (AvgIpc) is 2.65. The van der Waals surface area contributed by atoms with Gasteiger partial charge in [0.25, 0.3) is 16.1 Å². The minimum Gasteiger partial charge on any atom is -0.493 e. The summed E-state index contributed by atoms with van der Waals surface area (Å²) in [7, 11) is -0.579. The number of nitrogens with one attached hydrogen (secondary N) is 1. The quantitative estimate of drug-likeness (QED) is 0.794. The van der Waals surface area contributed by atoms with Crippen LogP contribution in [0.15, 0.2) is 30.3 Å². The number of piperidine rings is 1. The number of nitrogens with two attached hydrogens (primary N) is 1. The van der Waals surface area contributed by atoms with Crippen LogP contribution in [0, 0.1) is 0 Å². The fourth-order valence-electron chi connectivity index (χ4n) is 3.32. The van der Waals surface area contributed by atoms with Crippen molar-refractivity contribution >= 4 is 26.9 Å². The Balaban J connectivity index is 1.76. The highest BCUT2D eigenvalue weighted by Gasteiger charge is 2.25. The number of ether oxygens (including phenoxy) is 2. The van der Waals surface area contributed by atoms with Gasteiger partial charge in [-0.3, -0.25) is 4.79 Å². The highest BCUT2D eigenvalue weighted by Crippen LogP contribution is 2.32. The van der Waals surface area contributed by atoms with E-state index >= 15 is 0 Å². The number of nitrogens with zero attached hydrogens (tertiary/aromatic N) is 1. The molecular weight excluding hydrogens is 370 g/mol. The van der Waals surface area contributed by atoms with Crippen LogP contribution in [0.5, 0.6) is 11.5 Å². The predicted octanol–water partition coefficient (Wildman–Crippen LogP) is 1.25. The number of carbonyl (C=O) groups is 1. The number of hydrogen-bond acceptors (Lipinski definition) is 5. The van der Waals surface area contributed by atoms with Crippen molar-refractivity contribution in [3.05, 3.63) is 35.9 Å². The highest BCUT2D eigenvalue weighted by atomic mass is 32.2. The van der Waals surface area contributed by atoms with E-state index in [1.165, 1.54) is 0 Å². The molecule has 0 radical (unpaired) electrons. The van der Waals surface area contributed by atoms with Gasteiger partial charge < -0.3 is 14.4 Å². The lowest BCUT2D eigenvalue weighted by Crippen LogP contribution is -2.48. The molecule has 27 heavy (non-hydrogen) atoms. The Morgan fingerprint density at radius 1 is 1.07 bits per heavy atom. The van der Waals surface area contributed by atoms with E-state index in [4.69, 9.17) is 14.6 Å². The first-order valence-corrected chi connectivity index (χ1v) is 10.1. The molecule has 0 unspecified atom stereocenters. The zero-order chi connectivity index (χ0) is 19.6. The van der Waals surface area contributed by atoms with Crippen molar-refractivity contribution in [2.45, 2.75) is 18.9 Å². The maximum atomic E-state index is 12.8. The minimum absolute atomic E-state index is 0.0826. The molecule has 3 rings (SSSR count). The van der Waals surface area contributed by atoms with Crippen molar-refractivity contribution in [2.75, 3.05) is 27.3 Å². The van der Waals surface area contributed by atoms with Crippen LogP contribution in [0.3, 0.4) is 0 Å². The average molecular weight is 393 g/mol. The summed E-state index contributed by atoms with van der Waals surface area (Å²) < 4.78 is 35.3. The second-order valence-electron chi connectivity index (χ2n) is 6.50. The van der Waals surface area contributed by atoms with E-state index in [9.17, 15) is 13.2 Å². The second kappa shape index (κ2) is 7.71. The van der Waals surface area contributed by atoms with E-state index in [2.05, 4.69) is 4.72 Å². The van der Waals surface area contributed by atoms with E-state index in [0.717, 1.165) is 10.8 Å². The summed E-state index contributed by atoms with van der Waals surface area (Å²) in [5.74, 6) is 1.15. The lowest BCUT2D eigenvalue weighted by atomic mass is 10.0. The lowest BCUT2D eigenvalue weighted by molar-refractivity contribution is 0.0711. The largest absolute Gasteiger partial charge is 0.493 e. The van der Waals surface area contributed by atoms with E-state index in [-0.39, 0.29) is 11.9 Å². The van der Waals surface area contributed by atoms with E-state index in [1.54, 1.807) is 25.2 Å². The molecule has 9 heteroatoms. The van der Waals surface area contributed by atoms with Gasteiger partial charge in [-0.15, -0.1) is 0 Å². The number of benzene rings is 2. The van der Waals surface area contributed by atoms with E-state index < -0.39 is 10.2 Å². The number of carbonyl (C=O) groups excluding carboxylic acids is 1. The molecule has 1 amide bonds. The van der Waals surface area contributed by atoms with Crippen LogP contribution in [-0.2, 0) is 10.2 Å². The van der Waals surface area contributed by atoms with Crippen molar-refractivity contribution < 1.29 is 22.7 Å². The molecule has 0 bridgehead atoms. The first-order chi connectivity index (χ1) is 12.8. The molecule has 0 spiro atoms. The van der Waals surface area contributed by atoms with E-state index in [0.29, 0.717) is 43.0 Å². The van der Waals surface area contributed by atoms with Gasteiger partial charge in [0.15, 0.2) is 11.5 Å². The Bertz CT molecular complexity index is 953. The first-order valence-electron chi connectivity index (χ1n) is 8.56. The lowest BCUT2D eigenvalue weighted by Gasteiger charge is -2.32. The van der Waals surface area contributed by atoms with Crippen LogP contribution in [-0.4, -0.2) is 52.6 Å². The molecule has 3 N–H and O–H groups in total. The minimum atomic E-state index is -3.73. The highest BCUT2D eigenvalue weighted by molar-refractivity contribution is 7.87. The van der Waals surface area contributed by atoms with E-state index in [1.807, 2.05) is 24.3 Å². The Kier molecular flexibility index (Phi) is 5.54. The normalized spacial score (nSPS) is 15.7. The predicted molar refractivity (Wildman–Crippen MR) is 102 cm³/mol. The Morgan fingerprint density at radius 2 is 1.67 bits per heavy atom. The Hall–Kier alpha value is -2.36. The molecule has 1 heterocycles. The zero-order valence-electron chi connectivity index (χ0n) is 15.3. The maximum absolute atomic E-state index is 12.8. The molecule has 0 aliphatic carbocycles. The molecule has 2 aromatic carbocycles. The number of methoxy groups -OCH3 is 2. The van der Waals surface area contributed by atoms with Crippen molar-refractivity contribution in [3.63, 3.8) is 0 Å². The Labute approximate surface area is 158 Å². The van der Waals surface area contributed by atoms with Crippen molar-refractivity contribution in [1.29, 1.82) is 0 Å². The summed E-state index contributed by atoms with van der Waals surface area (Å²) in [6.45, 7) is 0.936. The molecular formula is C18H23N3O5S. The molecule has 0 saturated carbocycles. The van der Waals surface area contributed by atoms with Gasteiger partial charge >= 0.3 is 0 Å². The second-order valence-corrected chi connectivity index (χ2v) is 7.82. The molecule has 0 aromatic heterocycles. The third-order valence-corrected chi connectivity index (χ3v) is 5.36. The van der Waals surface area contributed by atoms with Crippen LogP contribution >= 0.6 is 0 Å². The number of hydrogen-bond donors (Lipinski definition) is 2. The van der Waals surface area contributed by atoms with Gasteiger partial charge in [0.05, 0.1) is 14.2 Å². The number of rotatable bonds is 5. The molecule has 1 fully saturated rings. The fraction of sp³-hybridized carbons (Fsp3) is 0.389. The maximum Gasteiger partial charge on any atom is 0.274 e. The van der Waals surface area contributed by atoms with Gasteiger partial charge in [-0.2, -0.15) is 13.1 Å². The summed E-state index contributed by atoms with van der Waals surface area (Å²) in [5.41, 5.74) is 0.576. The third-order valence-electron chi connectivity index (χ3n) is 4.70. The zero-order valence-corrected chi connectivity index (χ0v) is 16.1. The monoisotopic (exact) mass is 393 g/mol. The summed E-state index contributed by atoms with van der Waals surface area (Å²) in [6.07, 6.45) is 1.06. The summed E-state index contributed by atoms with van der Waals surface area (Å²) in [4.78, 5) is 14.5. The molecule has 1 aliphatic rings. The molecule has 0 atom stereocenters. The van der Waals surface area contributed by atoms with Crippen LogP contribution in [0.4, 0.5) is 0 Å². The SMILES string of the molecule is COc1cc2ccc(C(=O)N3CCC(NS(N)(=O)=O)CC3)cc2cc1OC. The standard InChI is InChI=1S/C18H23N3O5S/c1-25-16-10-12-3-4-13(9-14(12)11-17(16)26-2)18(22)21-7-5-15(6-8-21)20-27(19,23)24/h3-4,9-11,15,20H,5-8H2,1-2H3,(H2,19,23,24). The number of amides is 1. The molecule has 1 saturated heterocycles. The van der Waals surface area contributed by atoms with Crippen LogP contribution in [0.2, 0.25) is 0 Å². The van der Waals surface area contributed by atoms with Crippen LogP contribution < -0.4 is 19.3 Å². The van der Waals surface area contributed by atoms with Gasteiger partial charge in [-0.25, -0.2) is 5.14 Å². The fourth-order valence-corrected chi connectivity index (χ4v) is 4.02. The number of fused-ring (bicyclic) bond motifs is 1. The van der Waals surface area contributed by atoms with Gasteiger partial charge in [0.1, 0.15) is 0 Å². The first kappa shape index (κ1) is 19.4. The third kappa shape index (κ3) is 4.49. The molecule has 146 valence electrons. The summed E-state index contributed by atoms with van der Waals surface area (Å²) in [6, 6.07) is 8.96.